The van der Waals surface area contributed by atoms with Gasteiger partial charge < -0.3 is 4.74 Å². The van der Waals surface area contributed by atoms with Crippen LogP contribution in [0.3, 0.4) is 0 Å². The van der Waals surface area contributed by atoms with Crippen LogP contribution in [-0.4, -0.2) is 6.61 Å². The van der Waals surface area contributed by atoms with Crippen LogP contribution in [0.4, 0.5) is 13.2 Å². The number of benzene rings is 1. The Morgan fingerprint density at radius 2 is 1.88 bits per heavy atom. The number of nitriles is 1. The molecule has 0 bridgehead atoms. The Balaban J connectivity index is 2.21. The van der Waals surface area contributed by atoms with Gasteiger partial charge in [-0.3, -0.25) is 0 Å². The standard InChI is InChI=1S/C12H10F3NO/c13-12(14,15)10-3-1-8(2-4-10)11-9(7-16)5-6-17-11/h1-4,9,11H,5-6H2. The smallest absolute Gasteiger partial charge is 0.372 e. The van der Waals surface area contributed by atoms with E-state index in [-0.39, 0.29) is 5.92 Å². The van der Waals surface area contributed by atoms with E-state index in [1.54, 1.807) is 0 Å². The Morgan fingerprint density at radius 1 is 1.24 bits per heavy atom. The second-order valence-corrected chi connectivity index (χ2v) is 3.94. The molecular weight excluding hydrogens is 231 g/mol. The summed E-state index contributed by atoms with van der Waals surface area (Å²) in [4.78, 5) is 0. The predicted octanol–water partition coefficient (Wildman–Crippen LogP) is 3.31. The summed E-state index contributed by atoms with van der Waals surface area (Å²) in [6, 6.07) is 6.90. The van der Waals surface area contributed by atoms with E-state index >= 15 is 0 Å². The maximum atomic E-state index is 12.4. The zero-order valence-corrected chi connectivity index (χ0v) is 8.87. The van der Waals surface area contributed by atoms with Gasteiger partial charge >= 0.3 is 6.18 Å². The summed E-state index contributed by atoms with van der Waals surface area (Å²) in [5.41, 5.74) is -0.0604. The minimum Gasteiger partial charge on any atom is -0.372 e. The van der Waals surface area contributed by atoms with Crippen molar-refractivity contribution in [2.75, 3.05) is 6.61 Å². The van der Waals surface area contributed by atoms with Gasteiger partial charge in [-0.05, 0) is 24.1 Å². The second-order valence-electron chi connectivity index (χ2n) is 3.94. The predicted molar refractivity (Wildman–Crippen MR) is 53.9 cm³/mol. The molecule has 17 heavy (non-hydrogen) atoms. The number of rotatable bonds is 1. The lowest BCUT2D eigenvalue weighted by atomic mass is 9.96. The van der Waals surface area contributed by atoms with E-state index in [0.29, 0.717) is 18.6 Å². The van der Waals surface area contributed by atoms with E-state index in [9.17, 15) is 13.2 Å². The normalized spacial score (nSPS) is 24.6. The molecule has 1 aliphatic heterocycles. The van der Waals surface area contributed by atoms with Crippen molar-refractivity contribution in [3.05, 3.63) is 35.4 Å². The topological polar surface area (TPSA) is 33.0 Å². The Labute approximate surface area is 96.6 Å². The molecule has 0 spiro atoms. The van der Waals surface area contributed by atoms with Gasteiger partial charge in [0.1, 0.15) is 0 Å². The lowest BCUT2D eigenvalue weighted by Crippen LogP contribution is -2.08. The molecule has 1 fully saturated rings. The van der Waals surface area contributed by atoms with Crippen LogP contribution in [0.5, 0.6) is 0 Å². The highest BCUT2D eigenvalue weighted by molar-refractivity contribution is 5.27. The molecule has 1 aromatic rings. The lowest BCUT2D eigenvalue weighted by Gasteiger charge is -2.14. The number of hydrogen-bond acceptors (Lipinski definition) is 2. The maximum Gasteiger partial charge on any atom is 0.416 e. The SMILES string of the molecule is N#CC1CCOC1c1ccc(C(F)(F)F)cc1. The fraction of sp³-hybridized carbons (Fsp3) is 0.417. The lowest BCUT2D eigenvalue weighted by molar-refractivity contribution is -0.137. The van der Waals surface area contributed by atoms with Crippen molar-refractivity contribution in [2.24, 2.45) is 5.92 Å². The number of ether oxygens (including phenoxy) is 1. The molecular formula is C12H10F3NO. The molecule has 0 amide bonds. The Morgan fingerprint density at radius 3 is 2.41 bits per heavy atom. The highest BCUT2D eigenvalue weighted by Crippen LogP contribution is 2.36. The van der Waals surface area contributed by atoms with Crippen LogP contribution in [0.1, 0.15) is 23.7 Å². The average molecular weight is 241 g/mol. The van der Waals surface area contributed by atoms with Crippen molar-refractivity contribution in [2.45, 2.75) is 18.7 Å². The third kappa shape index (κ3) is 2.42. The summed E-state index contributed by atoms with van der Waals surface area (Å²) < 4.78 is 42.4. The molecule has 2 rings (SSSR count). The largest absolute Gasteiger partial charge is 0.416 e. The fourth-order valence-corrected chi connectivity index (χ4v) is 1.91. The first kappa shape index (κ1) is 11.9. The van der Waals surface area contributed by atoms with E-state index in [1.165, 1.54) is 12.1 Å². The van der Waals surface area contributed by atoms with Crippen LogP contribution in [0, 0.1) is 17.2 Å². The highest BCUT2D eigenvalue weighted by atomic mass is 19.4. The minimum atomic E-state index is -4.33. The summed E-state index contributed by atoms with van der Waals surface area (Å²) in [7, 11) is 0. The number of hydrogen-bond donors (Lipinski definition) is 0. The van der Waals surface area contributed by atoms with Gasteiger partial charge in [-0.25, -0.2) is 0 Å². The van der Waals surface area contributed by atoms with Gasteiger partial charge in [0.2, 0.25) is 0 Å². The van der Waals surface area contributed by atoms with Crippen molar-refractivity contribution in [3.63, 3.8) is 0 Å². The molecule has 0 saturated carbocycles. The Kier molecular flexibility index (Phi) is 3.07. The molecule has 0 aromatic heterocycles. The van der Waals surface area contributed by atoms with Crippen LogP contribution >= 0.6 is 0 Å². The fourth-order valence-electron chi connectivity index (χ4n) is 1.91. The molecule has 0 N–H and O–H groups in total. The molecule has 1 saturated heterocycles. The van der Waals surface area contributed by atoms with Crippen molar-refractivity contribution < 1.29 is 17.9 Å². The number of halogens is 3. The van der Waals surface area contributed by atoms with Crippen LogP contribution in [0.15, 0.2) is 24.3 Å². The van der Waals surface area contributed by atoms with Gasteiger partial charge in [0.05, 0.1) is 23.7 Å². The summed E-state index contributed by atoms with van der Waals surface area (Å²) in [6.07, 6.45) is -4.10. The first-order valence-corrected chi connectivity index (χ1v) is 5.21. The van der Waals surface area contributed by atoms with Gasteiger partial charge in [0, 0.05) is 6.61 Å². The third-order valence-electron chi connectivity index (χ3n) is 2.82. The van der Waals surface area contributed by atoms with Gasteiger partial charge in [-0.2, -0.15) is 18.4 Å². The molecule has 0 radical (unpaired) electrons. The zero-order valence-electron chi connectivity index (χ0n) is 8.87. The van der Waals surface area contributed by atoms with E-state index in [0.717, 1.165) is 12.1 Å². The van der Waals surface area contributed by atoms with Gasteiger partial charge in [-0.15, -0.1) is 0 Å². The Hall–Kier alpha value is -1.54. The van der Waals surface area contributed by atoms with Crippen LogP contribution in [-0.2, 0) is 10.9 Å². The van der Waals surface area contributed by atoms with E-state index in [1.807, 2.05) is 0 Å². The molecule has 1 aromatic carbocycles. The van der Waals surface area contributed by atoms with Crippen molar-refractivity contribution in [1.82, 2.24) is 0 Å². The maximum absolute atomic E-state index is 12.4. The van der Waals surface area contributed by atoms with Gasteiger partial charge in [0.15, 0.2) is 0 Å². The second kappa shape index (κ2) is 4.38. The van der Waals surface area contributed by atoms with Crippen LogP contribution in [0.2, 0.25) is 0 Å². The highest BCUT2D eigenvalue weighted by Gasteiger charge is 2.32. The summed E-state index contributed by atoms with van der Waals surface area (Å²) in [5.74, 6) is -0.272. The molecule has 2 unspecified atom stereocenters. The molecule has 2 nitrogen and oxygen atoms in total. The minimum absolute atomic E-state index is 0.272. The van der Waals surface area contributed by atoms with Gasteiger partial charge in [0.25, 0.3) is 0 Å². The first-order chi connectivity index (χ1) is 8.02. The molecule has 90 valence electrons. The first-order valence-electron chi connectivity index (χ1n) is 5.21. The zero-order chi connectivity index (χ0) is 12.5. The summed E-state index contributed by atoms with van der Waals surface area (Å²) >= 11 is 0. The van der Waals surface area contributed by atoms with E-state index in [4.69, 9.17) is 10.00 Å². The monoisotopic (exact) mass is 241 g/mol. The summed E-state index contributed by atoms with van der Waals surface area (Å²) in [6.45, 7) is 0.476. The van der Waals surface area contributed by atoms with Crippen molar-refractivity contribution >= 4 is 0 Å². The quantitative estimate of drug-likeness (QED) is 0.755. The molecule has 1 heterocycles. The van der Waals surface area contributed by atoms with E-state index in [2.05, 4.69) is 6.07 Å². The molecule has 1 aliphatic rings. The third-order valence-corrected chi connectivity index (χ3v) is 2.82. The van der Waals surface area contributed by atoms with Crippen LogP contribution < -0.4 is 0 Å². The number of alkyl halides is 3. The van der Waals surface area contributed by atoms with Crippen molar-refractivity contribution in [1.29, 1.82) is 5.26 Å². The van der Waals surface area contributed by atoms with Gasteiger partial charge in [-0.1, -0.05) is 12.1 Å². The molecule has 5 heteroatoms. The Bertz CT molecular complexity index is 433. The summed E-state index contributed by atoms with van der Waals surface area (Å²) in [5, 5.41) is 8.87. The van der Waals surface area contributed by atoms with Crippen LogP contribution in [0.25, 0.3) is 0 Å². The molecule has 2 atom stereocenters. The van der Waals surface area contributed by atoms with Crippen molar-refractivity contribution in [3.8, 4) is 6.07 Å². The average Bonchev–Trinajstić information content (AvgIpc) is 2.76. The number of nitrogens with zero attached hydrogens (tertiary/aromatic N) is 1. The van der Waals surface area contributed by atoms with E-state index < -0.39 is 17.8 Å². The molecule has 0 aliphatic carbocycles.